The molecule has 4 heterocycles. The predicted molar refractivity (Wildman–Crippen MR) is 113 cm³/mol. The van der Waals surface area contributed by atoms with Crippen molar-refractivity contribution in [1.82, 2.24) is 29.6 Å². The van der Waals surface area contributed by atoms with Crippen molar-refractivity contribution in [2.45, 2.75) is 27.3 Å². The topological polar surface area (TPSA) is 84.9 Å². The largest absolute Gasteiger partial charge is 0.361 e. The molecule has 0 spiro atoms. The Morgan fingerprint density at radius 2 is 2.00 bits per heavy atom. The van der Waals surface area contributed by atoms with E-state index in [-0.39, 0.29) is 0 Å². The van der Waals surface area contributed by atoms with Gasteiger partial charge in [-0.1, -0.05) is 5.16 Å². The van der Waals surface area contributed by atoms with Gasteiger partial charge in [-0.05, 0) is 53.1 Å². The predicted octanol–water partition coefficient (Wildman–Crippen LogP) is 3.71. The highest BCUT2D eigenvalue weighted by atomic mass is 16.5. The van der Waals surface area contributed by atoms with E-state index in [0.717, 1.165) is 52.5 Å². The summed E-state index contributed by atoms with van der Waals surface area (Å²) in [4.78, 5) is 15.4. The number of aryl methyl sites for hydroxylation is 3. The van der Waals surface area contributed by atoms with Gasteiger partial charge < -0.3 is 19.3 Å². The van der Waals surface area contributed by atoms with E-state index in [1.165, 1.54) is 12.0 Å². The molecule has 0 bridgehead atoms. The second kappa shape index (κ2) is 7.63. The lowest BCUT2D eigenvalue weighted by atomic mass is 10.1. The normalized spacial score (nSPS) is 11.5. The highest BCUT2D eigenvalue weighted by Crippen LogP contribution is 2.34. The van der Waals surface area contributed by atoms with Gasteiger partial charge in [-0.25, -0.2) is 15.0 Å². The number of rotatable bonds is 6. The summed E-state index contributed by atoms with van der Waals surface area (Å²) in [6, 6.07) is 6.11. The van der Waals surface area contributed by atoms with Crippen LogP contribution in [0.2, 0.25) is 0 Å². The summed E-state index contributed by atoms with van der Waals surface area (Å²) in [5.74, 6) is 2.21. The number of nitrogens with zero attached hydrogens (tertiary/aromatic N) is 6. The first-order valence-electron chi connectivity index (χ1n) is 9.56. The maximum absolute atomic E-state index is 5.39. The number of hydrogen-bond acceptors (Lipinski definition) is 7. The zero-order chi connectivity index (χ0) is 20.5. The maximum Gasteiger partial charge on any atom is 0.143 e. The van der Waals surface area contributed by atoms with Crippen LogP contribution >= 0.6 is 0 Å². The summed E-state index contributed by atoms with van der Waals surface area (Å²) < 4.78 is 7.71. The Kier molecular flexibility index (Phi) is 5.02. The van der Waals surface area contributed by atoms with Crippen LogP contribution in [0.25, 0.3) is 22.2 Å². The van der Waals surface area contributed by atoms with Gasteiger partial charge in [-0.2, -0.15) is 0 Å². The average Bonchev–Trinajstić information content (AvgIpc) is 3.19. The molecular weight excluding hydrogens is 366 g/mol. The number of likely N-dealkylation sites (N-methyl/N-ethyl adjacent to an activating group) is 1. The van der Waals surface area contributed by atoms with Crippen LogP contribution < -0.4 is 5.32 Å². The van der Waals surface area contributed by atoms with Crippen LogP contribution in [-0.4, -0.2) is 50.2 Å². The molecule has 0 aliphatic heterocycles. The lowest BCUT2D eigenvalue weighted by Gasteiger charge is -2.14. The van der Waals surface area contributed by atoms with E-state index in [0.29, 0.717) is 5.82 Å². The SMILES string of the molecule is Cc1noc(C)c1-c1cc2c(cc(C)n2CCN(C)C)c(Nc2ccncn2)n1. The van der Waals surface area contributed by atoms with Crippen molar-refractivity contribution < 1.29 is 4.52 Å². The summed E-state index contributed by atoms with van der Waals surface area (Å²) in [5, 5.41) is 8.51. The monoisotopic (exact) mass is 391 g/mol. The fourth-order valence-electron chi connectivity index (χ4n) is 3.54. The van der Waals surface area contributed by atoms with E-state index >= 15 is 0 Å². The van der Waals surface area contributed by atoms with Crippen molar-refractivity contribution in [2.75, 3.05) is 26.0 Å². The summed E-state index contributed by atoms with van der Waals surface area (Å²) in [5.41, 5.74) is 4.88. The van der Waals surface area contributed by atoms with E-state index < -0.39 is 0 Å². The van der Waals surface area contributed by atoms with Crippen molar-refractivity contribution in [2.24, 2.45) is 0 Å². The van der Waals surface area contributed by atoms with Crippen LogP contribution in [0.5, 0.6) is 0 Å². The Labute approximate surface area is 169 Å². The minimum atomic E-state index is 0.698. The lowest BCUT2D eigenvalue weighted by Crippen LogP contribution is -2.18. The molecule has 0 saturated carbocycles. The molecule has 0 aliphatic carbocycles. The van der Waals surface area contributed by atoms with Gasteiger partial charge in [0, 0.05) is 30.4 Å². The molecule has 0 atom stereocenters. The smallest absolute Gasteiger partial charge is 0.143 e. The van der Waals surface area contributed by atoms with E-state index in [1.54, 1.807) is 6.20 Å². The van der Waals surface area contributed by atoms with Crippen LogP contribution in [0.4, 0.5) is 11.6 Å². The van der Waals surface area contributed by atoms with Gasteiger partial charge in [0.2, 0.25) is 0 Å². The van der Waals surface area contributed by atoms with Gasteiger partial charge in [0.15, 0.2) is 0 Å². The third kappa shape index (κ3) is 3.71. The molecule has 1 N–H and O–H groups in total. The van der Waals surface area contributed by atoms with E-state index in [1.807, 2.05) is 19.9 Å². The zero-order valence-electron chi connectivity index (χ0n) is 17.4. The second-order valence-electron chi connectivity index (χ2n) is 7.45. The second-order valence-corrected chi connectivity index (χ2v) is 7.45. The molecule has 0 saturated heterocycles. The number of fused-ring (bicyclic) bond motifs is 1. The first-order valence-corrected chi connectivity index (χ1v) is 9.56. The zero-order valence-corrected chi connectivity index (χ0v) is 17.4. The molecule has 4 aromatic heterocycles. The molecule has 0 aliphatic rings. The Morgan fingerprint density at radius 3 is 2.66 bits per heavy atom. The quantitative estimate of drug-likeness (QED) is 0.536. The Bertz CT molecular complexity index is 1130. The van der Waals surface area contributed by atoms with Gasteiger partial charge in [0.05, 0.1) is 22.5 Å². The molecular formula is C21H25N7O. The minimum Gasteiger partial charge on any atom is -0.361 e. The number of hydrogen-bond donors (Lipinski definition) is 1. The molecule has 4 aromatic rings. The van der Waals surface area contributed by atoms with Crippen LogP contribution in [0.3, 0.4) is 0 Å². The standard InChI is InChI=1S/C21H25N7O/c1-13-10-16-18(28(13)9-8-27(4)5)11-17(20-14(2)26-29-15(20)3)24-21(16)25-19-6-7-22-12-23-19/h6-7,10-12H,8-9H2,1-5H3,(H,22,23,24,25). The van der Waals surface area contributed by atoms with E-state index in [9.17, 15) is 0 Å². The molecule has 0 radical (unpaired) electrons. The molecule has 29 heavy (non-hydrogen) atoms. The van der Waals surface area contributed by atoms with Crippen molar-refractivity contribution in [3.63, 3.8) is 0 Å². The third-order valence-corrected chi connectivity index (χ3v) is 5.00. The summed E-state index contributed by atoms with van der Waals surface area (Å²) in [7, 11) is 4.17. The first-order chi connectivity index (χ1) is 13.9. The van der Waals surface area contributed by atoms with Gasteiger partial charge >= 0.3 is 0 Å². The summed E-state index contributed by atoms with van der Waals surface area (Å²) in [6.07, 6.45) is 3.23. The van der Waals surface area contributed by atoms with Crippen molar-refractivity contribution in [3.8, 4) is 11.3 Å². The Morgan fingerprint density at radius 1 is 1.17 bits per heavy atom. The molecule has 0 amide bonds. The minimum absolute atomic E-state index is 0.698. The van der Waals surface area contributed by atoms with Crippen molar-refractivity contribution in [3.05, 3.63) is 47.9 Å². The molecule has 4 rings (SSSR count). The van der Waals surface area contributed by atoms with Gasteiger partial charge in [0.25, 0.3) is 0 Å². The first kappa shape index (κ1) is 19.1. The van der Waals surface area contributed by atoms with Crippen molar-refractivity contribution in [1.29, 1.82) is 0 Å². The van der Waals surface area contributed by atoms with Crippen LogP contribution in [0.15, 0.2) is 35.2 Å². The third-order valence-electron chi connectivity index (χ3n) is 5.00. The lowest BCUT2D eigenvalue weighted by molar-refractivity contribution is 0.385. The number of anilines is 2. The number of nitrogens with one attached hydrogen (secondary N) is 1. The van der Waals surface area contributed by atoms with Crippen LogP contribution in [0, 0.1) is 20.8 Å². The Hall–Kier alpha value is -3.26. The van der Waals surface area contributed by atoms with Crippen molar-refractivity contribution >= 4 is 22.5 Å². The highest BCUT2D eigenvalue weighted by Gasteiger charge is 2.19. The average molecular weight is 391 g/mol. The summed E-state index contributed by atoms with van der Waals surface area (Å²) in [6.45, 7) is 7.81. The molecule has 8 nitrogen and oxygen atoms in total. The molecule has 8 heteroatoms. The van der Waals surface area contributed by atoms with Crippen LogP contribution in [0.1, 0.15) is 17.1 Å². The highest BCUT2D eigenvalue weighted by molar-refractivity contribution is 5.95. The molecule has 0 fully saturated rings. The van der Waals surface area contributed by atoms with E-state index in [2.05, 4.69) is 63.1 Å². The summed E-state index contributed by atoms with van der Waals surface area (Å²) >= 11 is 0. The number of pyridine rings is 1. The van der Waals surface area contributed by atoms with Gasteiger partial charge in [-0.15, -0.1) is 0 Å². The van der Waals surface area contributed by atoms with Crippen LogP contribution in [-0.2, 0) is 6.54 Å². The molecule has 150 valence electrons. The number of aromatic nitrogens is 5. The fraction of sp³-hybridized carbons (Fsp3) is 0.333. The van der Waals surface area contributed by atoms with Gasteiger partial charge in [-0.3, -0.25) is 0 Å². The molecule has 0 unspecified atom stereocenters. The van der Waals surface area contributed by atoms with Gasteiger partial charge in [0.1, 0.15) is 23.7 Å². The maximum atomic E-state index is 5.39. The molecule has 0 aromatic carbocycles. The fourth-order valence-corrected chi connectivity index (χ4v) is 3.54. The van der Waals surface area contributed by atoms with E-state index in [4.69, 9.17) is 9.51 Å². The Balaban J connectivity index is 1.91.